The number of nitrogens with zero attached hydrogens (tertiary/aromatic N) is 2. The van der Waals surface area contributed by atoms with Crippen LogP contribution in [0.3, 0.4) is 0 Å². The summed E-state index contributed by atoms with van der Waals surface area (Å²) in [7, 11) is 0. The SMILES string of the molecule is CCC(C)C(C)Nc1cc(NN)ncn1. The average Bonchev–Trinajstić information content (AvgIpc) is 2.28. The second-order valence-corrected chi connectivity index (χ2v) is 3.75. The maximum Gasteiger partial charge on any atom is 0.145 e. The summed E-state index contributed by atoms with van der Waals surface area (Å²) in [4.78, 5) is 8.07. The second kappa shape index (κ2) is 5.50. The van der Waals surface area contributed by atoms with Crippen molar-refractivity contribution in [2.24, 2.45) is 11.8 Å². The molecule has 5 nitrogen and oxygen atoms in total. The predicted octanol–water partition coefficient (Wildman–Crippen LogP) is 1.61. The van der Waals surface area contributed by atoms with Gasteiger partial charge in [-0.25, -0.2) is 15.8 Å². The van der Waals surface area contributed by atoms with Crippen molar-refractivity contribution >= 4 is 11.6 Å². The van der Waals surface area contributed by atoms with Crippen LogP contribution < -0.4 is 16.6 Å². The summed E-state index contributed by atoms with van der Waals surface area (Å²) < 4.78 is 0. The Morgan fingerprint density at radius 3 is 2.60 bits per heavy atom. The standard InChI is InChI=1S/C10H19N5/c1-4-7(2)8(3)14-9-5-10(15-11)13-6-12-9/h5-8H,4,11H2,1-3H3,(H2,12,13,14,15). The van der Waals surface area contributed by atoms with E-state index in [1.807, 2.05) is 0 Å². The van der Waals surface area contributed by atoms with Gasteiger partial charge in [0.05, 0.1) is 0 Å². The van der Waals surface area contributed by atoms with Crippen LogP contribution in [-0.2, 0) is 0 Å². The fourth-order valence-electron chi connectivity index (χ4n) is 1.24. The van der Waals surface area contributed by atoms with Gasteiger partial charge in [0.2, 0.25) is 0 Å². The molecule has 0 aliphatic rings. The molecular weight excluding hydrogens is 190 g/mol. The van der Waals surface area contributed by atoms with Gasteiger partial charge in [-0.2, -0.15) is 0 Å². The Hall–Kier alpha value is -1.36. The topological polar surface area (TPSA) is 75.9 Å². The first kappa shape index (κ1) is 11.7. The van der Waals surface area contributed by atoms with Crippen molar-refractivity contribution in [3.8, 4) is 0 Å². The molecule has 0 amide bonds. The Balaban J connectivity index is 2.63. The van der Waals surface area contributed by atoms with E-state index in [2.05, 4.69) is 41.5 Å². The largest absolute Gasteiger partial charge is 0.367 e. The van der Waals surface area contributed by atoms with Crippen molar-refractivity contribution in [2.75, 3.05) is 10.7 Å². The summed E-state index contributed by atoms with van der Waals surface area (Å²) in [5.74, 6) is 7.28. The van der Waals surface area contributed by atoms with Crippen LogP contribution in [0.2, 0.25) is 0 Å². The molecular formula is C10H19N5. The van der Waals surface area contributed by atoms with Crippen molar-refractivity contribution in [2.45, 2.75) is 33.2 Å². The third kappa shape index (κ3) is 3.36. The molecule has 5 heteroatoms. The first-order valence-electron chi connectivity index (χ1n) is 5.22. The molecule has 0 radical (unpaired) electrons. The van der Waals surface area contributed by atoms with E-state index < -0.39 is 0 Å². The monoisotopic (exact) mass is 209 g/mol. The van der Waals surface area contributed by atoms with Crippen molar-refractivity contribution in [1.82, 2.24) is 9.97 Å². The summed E-state index contributed by atoms with van der Waals surface area (Å²) in [5.41, 5.74) is 2.49. The molecule has 0 aromatic carbocycles. The highest BCUT2D eigenvalue weighted by atomic mass is 15.3. The lowest BCUT2D eigenvalue weighted by Gasteiger charge is -2.20. The van der Waals surface area contributed by atoms with Crippen LogP contribution in [0.15, 0.2) is 12.4 Å². The van der Waals surface area contributed by atoms with E-state index in [-0.39, 0.29) is 0 Å². The van der Waals surface area contributed by atoms with E-state index in [1.54, 1.807) is 6.07 Å². The van der Waals surface area contributed by atoms with Crippen LogP contribution in [0.25, 0.3) is 0 Å². The average molecular weight is 209 g/mol. The number of nitrogens with two attached hydrogens (primary N) is 1. The summed E-state index contributed by atoms with van der Waals surface area (Å²) in [5, 5.41) is 3.32. The predicted molar refractivity (Wildman–Crippen MR) is 62.4 cm³/mol. The summed E-state index contributed by atoms with van der Waals surface area (Å²) in [6, 6.07) is 2.18. The normalized spacial score (nSPS) is 14.4. The van der Waals surface area contributed by atoms with Crippen molar-refractivity contribution < 1.29 is 0 Å². The summed E-state index contributed by atoms with van der Waals surface area (Å²) in [6.45, 7) is 6.53. The minimum atomic E-state index is 0.385. The lowest BCUT2D eigenvalue weighted by molar-refractivity contribution is 0.493. The number of aromatic nitrogens is 2. The van der Waals surface area contributed by atoms with Gasteiger partial charge < -0.3 is 10.7 Å². The molecule has 2 unspecified atom stereocenters. The van der Waals surface area contributed by atoms with Crippen LogP contribution in [-0.4, -0.2) is 16.0 Å². The smallest absolute Gasteiger partial charge is 0.145 e. The third-order valence-electron chi connectivity index (χ3n) is 2.69. The zero-order chi connectivity index (χ0) is 11.3. The van der Waals surface area contributed by atoms with Gasteiger partial charge in [-0.1, -0.05) is 20.3 Å². The van der Waals surface area contributed by atoms with Gasteiger partial charge in [-0.15, -0.1) is 0 Å². The van der Waals surface area contributed by atoms with E-state index >= 15 is 0 Å². The Morgan fingerprint density at radius 1 is 1.33 bits per heavy atom. The van der Waals surface area contributed by atoms with E-state index in [1.165, 1.54) is 6.33 Å². The molecule has 0 aliphatic heterocycles. The lowest BCUT2D eigenvalue weighted by Crippen LogP contribution is -2.24. The van der Waals surface area contributed by atoms with Gasteiger partial charge in [-0.05, 0) is 12.8 Å². The molecule has 0 bridgehead atoms. The van der Waals surface area contributed by atoms with Crippen LogP contribution in [0.4, 0.5) is 11.6 Å². The van der Waals surface area contributed by atoms with E-state index in [4.69, 9.17) is 5.84 Å². The van der Waals surface area contributed by atoms with Gasteiger partial charge >= 0.3 is 0 Å². The fourth-order valence-corrected chi connectivity index (χ4v) is 1.24. The van der Waals surface area contributed by atoms with E-state index in [9.17, 15) is 0 Å². The Kier molecular flexibility index (Phi) is 4.30. The van der Waals surface area contributed by atoms with Crippen molar-refractivity contribution in [3.05, 3.63) is 12.4 Å². The summed E-state index contributed by atoms with van der Waals surface area (Å²) >= 11 is 0. The first-order valence-corrected chi connectivity index (χ1v) is 5.22. The maximum absolute atomic E-state index is 5.27. The molecule has 84 valence electrons. The number of hydrogen-bond acceptors (Lipinski definition) is 5. The van der Waals surface area contributed by atoms with Gasteiger partial charge in [0.1, 0.15) is 18.0 Å². The number of nitrogens with one attached hydrogen (secondary N) is 2. The Morgan fingerprint density at radius 2 is 2.00 bits per heavy atom. The molecule has 0 saturated carbocycles. The molecule has 0 spiro atoms. The van der Waals surface area contributed by atoms with Crippen LogP contribution >= 0.6 is 0 Å². The zero-order valence-electron chi connectivity index (χ0n) is 9.49. The molecule has 1 rings (SSSR count). The molecule has 1 aromatic rings. The van der Waals surface area contributed by atoms with Gasteiger partial charge in [0.15, 0.2) is 0 Å². The van der Waals surface area contributed by atoms with Crippen molar-refractivity contribution in [1.29, 1.82) is 0 Å². The van der Waals surface area contributed by atoms with Gasteiger partial charge in [0.25, 0.3) is 0 Å². The minimum Gasteiger partial charge on any atom is -0.367 e. The maximum atomic E-state index is 5.27. The highest BCUT2D eigenvalue weighted by Gasteiger charge is 2.10. The Labute approximate surface area is 90.5 Å². The zero-order valence-corrected chi connectivity index (χ0v) is 9.49. The molecule has 1 heterocycles. The lowest BCUT2D eigenvalue weighted by atomic mass is 10.0. The second-order valence-electron chi connectivity index (χ2n) is 3.75. The Bertz CT molecular complexity index is 302. The minimum absolute atomic E-state index is 0.385. The van der Waals surface area contributed by atoms with E-state index in [0.717, 1.165) is 12.2 Å². The number of nitrogen functional groups attached to an aromatic ring is 1. The quantitative estimate of drug-likeness (QED) is 0.507. The molecule has 0 aliphatic carbocycles. The molecule has 2 atom stereocenters. The summed E-state index contributed by atoms with van der Waals surface area (Å²) in [6.07, 6.45) is 2.63. The van der Waals surface area contributed by atoms with Gasteiger partial charge in [0, 0.05) is 12.1 Å². The van der Waals surface area contributed by atoms with Gasteiger partial charge in [-0.3, -0.25) is 0 Å². The first-order chi connectivity index (χ1) is 7.17. The highest BCUT2D eigenvalue weighted by Crippen LogP contribution is 2.14. The fraction of sp³-hybridized carbons (Fsp3) is 0.600. The third-order valence-corrected chi connectivity index (χ3v) is 2.69. The van der Waals surface area contributed by atoms with Crippen LogP contribution in [0.1, 0.15) is 27.2 Å². The number of hydrazine groups is 1. The number of rotatable bonds is 5. The van der Waals surface area contributed by atoms with Crippen LogP contribution in [0.5, 0.6) is 0 Å². The molecule has 15 heavy (non-hydrogen) atoms. The van der Waals surface area contributed by atoms with Crippen LogP contribution in [0, 0.1) is 5.92 Å². The molecule has 1 aromatic heterocycles. The number of hydrogen-bond donors (Lipinski definition) is 3. The highest BCUT2D eigenvalue weighted by molar-refractivity contribution is 5.46. The van der Waals surface area contributed by atoms with E-state index in [0.29, 0.717) is 17.8 Å². The van der Waals surface area contributed by atoms with Crippen molar-refractivity contribution in [3.63, 3.8) is 0 Å². The molecule has 0 fully saturated rings. The number of anilines is 2. The molecule has 0 saturated heterocycles. The molecule has 4 N–H and O–H groups in total.